The van der Waals surface area contributed by atoms with E-state index in [1.807, 2.05) is 34.7 Å². The van der Waals surface area contributed by atoms with Crippen LogP contribution in [0.4, 0.5) is 11.8 Å². The number of nitrogens with one attached hydrogen (secondary N) is 1. The average Bonchev–Trinajstić information content (AvgIpc) is 3.25. The number of nitrogen functional groups attached to an aromatic ring is 1. The van der Waals surface area contributed by atoms with Gasteiger partial charge >= 0.3 is 0 Å². The van der Waals surface area contributed by atoms with Gasteiger partial charge in [-0.05, 0) is 30.5 Å². The van der Waals surface area contributed by atoms with E-state index >= 15 is 0 Å². The summed E-state index contributed by atoms with van der Waals surface area (Å²) in [4.78, 5) is 17.2. The normalized spacial score (nSPS) is 13.6. The second kappa shape index (κ2) is 11.8. The second-order valence-electron chi connectivity index (χ2n) is 7.76. The first-order chi connectivity index (χ1) is 15.6. The molecule has 0 saturated heterocycles. The molecule has 0 spiro atoms. The van der Waals surface area contributed by atoms with Gasteiger partial charge in [0.05, 0.1) is 17.6 Å². The van der Waals surface area contributed by atoms with Crippen LogP contribution >= 0.6 is 24.0 Å². The van der Waals surface area contributed by atoms with Crippen LogP contribution in [-0.2, 0) is 6.54 Å². The van der Waals surface area contributed by atoms with Crippen LogP contribution in [-0.4, -0.2) is 30.4 Å². The Hall–Kier alpha value is -2.94. The summed E-state index contributed by atoms with van der Waals surface area (Å²) in [5.74, 6) is 0.884. The van der Waals surface area contributed by atoms with E-state index in [4.69, 9.17) is 23.1 Å². The summed E-state index contributed by atoms with van der Waals surface area (Å²) in [7, 11) is 0. The SMILES string of the molecule is Cl.NC1CCCCC1.Nc1nccn2c(-c3ccnc(NCc4ccccc4Cl)n3)cnc12. The van der Waals surface area contributed by atoms with E-state index < -0.39 is 0 Å². The summed E-state index contributed by atoms with van der Waals surface area (Å²) in [6.45, 7) is 0.535. The minimum absolute atomic E-state index is 0. The zero-order valence-corrected chi connectivity index (χ0v) is 19.8. The van der Waals surface area contributed by atoms with Crippen molar-refractivity contribution < 1.29 is 0 Å². The molecule has 3 aromatic heterocycles. The van der Waals surface area contributed by atoms with Crippen LogP contribution in [0.2, 0.25) is 5.02 Å². The van der Waals surface area contributed by atoms with E-state index in [0.717, 1.165) is 17.0 Å². The zero-order chi connectivity index (χ0) is 22.3. The summed E-state index contributed by atoms with van der Waals surface area (Å²) >= 11 is 6.17. The highest BCUT2D eigenvalue weighted by Gasteiger charge is 2.11. The van der Waals surface area contributed by atoms with Crippen molar-refractivity contribution in [1.29, 1.82) is 0 Å². The second-order valence-corrected chi connectivity index (χ2v) is 8.17. The predicted molar refractivity (Wildman–Crippen MR) is 136 cm³/mol. The molecule has 33 heavy (non-hydrogen) atoms. The minimum atomic E-state index is 0. The maximum Gasteiger partial charge on any atom is 0.223 e. The van der Waals surface area contributed by atoms with Gasteiger partial charge in [0, 0.05) is 36.2 Å². The van der Waals surface area contributed by atoms with Crippen molar-refractivity contribution in [2.75, 3.05) is 11.1 Å². The van der Waals surface area contributed by atoms with Crippen LogP contribution in [0.3, 0.4) is 0 Å². The first kappa shape index (κ1) is 24.7. The number of imidazole rings is 1. The number of nitrogens with zero attached hydrogens (tertiary/aromatic N) is 5. The van der Waals surface area contributed by atoms with Crippen molar-refractivity contribution in [1.82, 2.24) is 24.3 Å². The van der Waals surface area contributed by atoms with Crippen molar-refractivity contribution in [2.24, 2.45) is 5.73 Å². The lowest BCUT2D eigenvalue weighted by atomic mass is 9.97. The molecular formula is C23H28Cl2N8. The third-order valence-electron chi connectivity index (χ3n) is 5.42. The molecule has 0 radical (unpaired) electrons. The number of fused-ring (bicyclic) bond motifs is 1. The summed E-state index contributed by atoms with van der Waals surface area (Å²) in [5.41, 5.74) is 14.6. The number of rotatable bonds is 4. The topological polar surface area (TPSA) is 120 Å². The molecular weight excluding hydrogens is 459 g/mol. The van der Waals surface area contributed by atoms with Crippen molar-refractivity contribution >= 4 is 41.4 Å². The lowest BCUT2D eigenvalue weighted by molar-refractivity contribution is 0.441. The van der Waals surface area contributed by atoms with E-state index in [0.29, 0.717) is 35.0 Å². The van der Waals surface area contributed by atoms with Crippen LogP contribution < -0.4 is 16.8 Å². The monoisotopic (exact) mass is 486 g/mol. The van der Waals surface area contributed by atoms with E-state index in [-0.39, 0.29) is 12.4 Å². The van der Waals surface area contributed by atoms with Crippen molar-refractivity contribution in [3.05, 3.63) is 65.7 Å². The highest BCUT2D eigenvalue weighted by atomic mass is 35.5. The largest absolute Gasteiger partial charge is 0.381 e. The lowest BCUT2D eigenvalue weighted by Crippen LogP contribution is -2.22. The van der Waals surface area contributed by atoms with Crippen LogP contribution in [0.25, 0.3) is 17.0 Å². The maximum atomic E-state index is 6.17. The van der Waals surface area contributed by atoms with E-state index in [1.54, 1.807) is 24.8 Å². The third-order valence-corrected chi connectivity index (χ3v) is 5.79. The molecule has 174 valence electrons. The number of nitrogens with two attached hydrogens (primary N) is 2. The fraction of sp³-hybridized carbons (Fsp3) is 0.304. The Morgan fingerprint density at radius 2 is 1.82 bits per heavy atom. The molecule has 5 rings (SSSR count). The molecule has 1 saturated carbocycles. The van der Waals surface area contributed by atoms with Gasteiger partial charge in [-0.2, -0.15) is 0 Å². The quantitative estimate of drug-likeness (QED) is 0.381. The van der Waals surface area contributed by atoms with E-state index in [2.05, 4.69) is 25.3 Å². The molecule has 10 heteroatoms. The number of hydrogen-bond donors (Lipinski definition) is 3. The zero-order valence-electron chi connectivity index (χ0n) is 18.2. The van der Waals surface area contributed by atoms with Gasteiger partial charge in [-0.3, -0.25) is 4.40 Å². The number of aromatic nitrogens is 5. The average molecular weight is 487 g/mol. The summed E-state index contributed by atoms with van der Waals surface area (Å²) in [6.07, 6.45) is 13.5. The van der Waals surface area contributed by atoms with E-state index in [9.17, 15) is 0 Å². The summed E-state index contributed by atoms with van der Waals surface area (Å²) in [6, 6.07) is 10.0. The molecule has 4 aromatic rings. The Kier molecular flexibility index (Phi) is 8.82. The van der Waals surface area contributed by atoms with Gasteiger partial charge in [0.15, 0.2) is 11.5 Å². The summed E-state index contributed by atoms with van der Waals surface area (Å²) in [5, 5.41) is 3.89. The minimum Gasteiger partial charge on any atom is -0.381 e. The standard InChI is InChI=1S/C17H14ClN7.C6H13N.ClH/c18-12-4-2-1-3-11(12)9-23-17-21-6-5-13(24-17)14-10-22-16-15(19)20-7-8-25(14)16;7-6-4-2-1-3-5-6;/h1-8,10H,9H2,(H2,19,20)(H,21,23,24);6H,1-5,7H2;1H. The Morgan fingerprint density at radius 3 is 2.55 bits per heavy atom. The molecule has 8 nitrogen and oxygen atoms in total. The molecule has 0 atom stereocenters. The number of anilines is 2. The molecule has 1 fully saturated rings. The Morgan fingerprint density at radius 1 is 1.03 bits per heavy atom. The van der Waals surface area contributed by atoms with Crippen molar-refractivity contribution in [2.45, 2.75) is 44.7 Å². The van der Waals surface area contributed by atoms with Gasteiger partial charge in [-0.1, -0.05) is 49.1 Å². The molecule has 0 unspecified atom stereocenters. The summed E-state index contributed by atoms with van der Waals surface area (Å²) < 4.78 is 1.85. The first-order valence-electron chi connectivity index (χ1n) is 10.8. The molecule has 1 aromatic carbocycles. The Bertz CT molecular complexity index is 1170. The van der Waals surface area contributed by atoms with Gasteiger partial charge in [0.2, 0.25) is 5.95 Å². The molecule has 0 aliphatic heterocycles. The molecule has 0 amide bonds. The molecule has 0 bridgehead atoms. The molecule has 1 aliphatic rings. The van der Waals surface area contributed by atoms with Crippen molar-refractivity contribution in [3.63, 3.8) is 0 Å². The van der Waals surface area contributed by atoms with E-state index in [1.165, 1.54) is 32.1 Å². The number of benzene rings is 1. The first-order valence-corrected chi connectivity index (χ1v) is 11.1. The van der Waals surface area contributed by atoms with Crippen molar-refractivity contribution in [3.8, 4) is 11.4 Å². The van der Waals surface area contributed by atoms with Gasteiger partial charge < -0.3 is 16.8 Å². The highest BCUT2D eigenvalue weighted by Crippen LogP contribution is 2.22. The smallest absolute Gasteiger partial charge is 0.223 e. The lowest BCUT2D eigenvalue weighted by Gasteiger charge is -2.15. The number of hydrogen-bond acceptors (Lipinski definition) is 7. The number of halogens is 2. The maximum absolute atomic E-state index is 6.17. The van der Waals surface area contributed by atoms with Gasteiger partial charge in [0.1, 0.15) is 0 Å². The van der Waals surface area contributed by atoms with Crippen LogP contribution in [0.1, 0.15) is 37.7 Å². The van der Waals surface area contributed by atoms with Gasteiger partial charge in [-0.15, -0.1) is 12.4 Å². The molecule has 1 aliphatic carbocycles. The highest BCUT2D eigenvalue weighted by molar-refractivity contribution is 6.31. The van der Waals surface area contributed by atoms with Gasteiger partial charge in [-0.25, -0.2) is 19.9 Å². The predicted octanol–water partition coefficient (Wildman–Crippen LogP) is 4.73. The van der Waals surface area contributed by atoms with Crippen LogP contribution in [0.5, 0.6) is 0 Å². The fourth-order valence-corrected chi connectivity index (χ4v) is 3.87. The fourth-order valence-electron chi connectivity index (χ4n) is 3.67. The Balaban J connectivity index is 0.000000330. The molecule has 3 heterocycles. The third kappa shape index (κ3) is 6.31. The van der Waals surface area contributed by atoms with Crippen LogP contribution in [0, 0.1) is 0 Å². The van der Waals surface area contributed by atoms with Gasteiger partial charge in [0.25, 0.3) is 0 Å². The Labute approximate surface area is 204 Å². The van der Waals surface area contributed by atoms with Crippen LogP contribution in [0.15, 0.2) is 55.1 Å². The molecule has 5 N–H and O–H groups in total.